The molecule has 2 aromatic carbocycles. The minimum absolute atomic E-state index is 0.281. The van der Waals surface area contributed by atoms with Crippen molar-refractivity contribution in [2.24, 2.45) is 11.4 Å². The quantitative estimate of drug-likeness (QED) is 0.238. The fourth-order valence-electron chi connectivity index (χ4n) is 4.49. The van der Waals surface area contributed by atoms with Crippen molar-refractivity contribution < 1.29 is 13.7 Å². The van der Waals surface area contributed by atoms with Crippen LogP contribution in [0.2, 0.25) is 0 Å². The normalized spacial score (nSPS) is 11.4. The SMILES string of the molecule is C=CC(=O)Nc1cc(Nc2ncc(N=S(C)(C)=O)c(-c3cn(C)c4ccccc34)n2)c(OC)cc1N(C)CCN(C)C. The summed E-state index contributed by atoms with van der Waals surface area (Å²) >= 11 is 0. The maximum atomic E-state index is 12.7. The van der Waals surface area contributed by atoms with Crippen molar-refractivity contribution in [2.45, 2.75) is 0 Å². The maximum absolute atomic E-state index is 12.7. The molecule has 11 nitrogen and oxygen atoms in total. The van der Waals surface area contributed by atoms with Crippen LogP contribution in [0.3, 0.4) is 0 Å². The molecule has 0 aliphatic heterocycles. The Kier molecular flexibility index (Phi) is 9.17. The maximum Gasteiger partial charge on any atom is 0.247 e. The van der Waals surface area contributed by atoms with Crippen LogP contribution < -0.4 is 20.3 Å². The van der Waals surface area contributed by atoms with Gasteiger partial charge in [0, 0.05) is 78.2 Å². The van der Waals surface area contributed by atoms with Crippen LogP contribution in [-0.2, 0) is 21.6 Å². The largest absolute Gasteiger partial charge is 0.494 e. The standard InChI is InChI=1S/C30H38N8O3S/c1-9-28(39)32-22-16-23(27(41-6)17-26(22)37(4)15-14-36(2)3)33-30-31-18-24(35-42(7,8)40)29(34-30)21-19-38(5)25-13-11-10-12-20(21)25/h9-13,16-19H,1,14-15H2,2-8H3,(H,32,39)(H,31,33,34). The van der Waals surface area contributed by atoms with E-state index in [1.54, 1.807) is 31.9 Å². The Morgan fingerprint density at radius 2 is 1.90 bits per heavy atom. The van der Waals surface area contributed by atoms with Crippen molar-refractivity contribution in [1.29, 1.82) is 0 Å². The number of anilines is 4. The minimum Gasteiger partial charge on any atom is -0.494 e. The van der Waals surface area contributed by atoms with Gasteiger partial charge in [-0.25, -0.2) is 14.2 Å². The van der Waals surface area contributed by atoms with Crippen LogP contribution in [0.15, 0.2) is 65.8 Å². The predicted molar refractivity (Wildman–Crippen MR) is 173 cm³/mol. The number of hydrogen-bond acceptors (Lipinski definition) is 9. The Bertz CT molecular complexity index is 1750. The number of benzene rings is 2. The van der Waals surface area contributed by atoms with E-state index < -0.39 is 9.73 Å². The van der Waals surface area contributed by atoms with Crippen molar-refractivity contribution in [2.75, 3.05) is 69.4 Å². The number of hydrogen-bond donors (Lipinski definition) is 2. The zero-order valence-corrected chi connectivity index (χ0v) is 26.0. The van der Waals surface area contributed by atoms with E-state index in [2.05, 4.69) is 31.5 Å². The minimum atomic E-state index is -2.49. The Morgan fingerprint density at radius 3 is 2.57 bits per heavy atom. The highest BCUT2D eigenvalue weighted by Crippen LogP contribution is 2.39. The number of aryl methyl sites for hydroxylation is 1. The Hall–Kier alpha value is -4.42. The lowest BCUT2D eigenvalue weighted by Gasteiger charge is -2.26. The molecule has 0 saturated heterocycles. The summed E-state index contributed by atoms with van der Waals surface area (Å²) in [5.41, 5.74) is 4.73. The van der Waals surface area contributed by atoms with Crippen LogP contribution in [0, 0.1) is 0 Å². The molecular weight excluding hydrogens is 552 g/mol. The van der Waals surface area contributed by atoms with Gasteiger partial charge in [0.1, 0.15) is 17.1 Å². The molecule has 2 aromatic heterocycles. The average Bonchev–Trinajstić information content (AvgIpc) is 3.28. The Labute approximate surface area is 247 Å². The third-order valence-electron chi connectivity index (χ3n) is 6.54. The van der Waals surface area contributed by atoms with Gasteiger partial charge in [-0.05, 0) is 32.3 Å². The van der Waals surface area contributed by atoms with Gasteiger partial charge in [-0.1, -0.05) is 24.8 Å². The number of fused-ring (bicyclic) bond motifs is 1. The first-order chi connectivity index (χ1) is 19.9. The molecular formula is C30H38N8O3S. The molecule has 0 fully saturated rings. The molecule has 4 aromatic rings. The molecule has 0 bridgehead atoms. The fourth-order valence-corrected chi connectivity index (χ4v) is 5.10. The van der Waals surface area contributed by atoms with E-state index >= 15 is 0 Å². The number of nitrogens with zero attached hydrogens (tertiary/aromatic N) is 6. The highest BCUT2D eigenvalue weighted by atomic mass is 32.2. The van der Waals surface area contributed by atoms with Crippen LogP contribution in [0.25, 0.3) is 22.2 Å². The van der Waals surface area contributed by atoms with E-state index in [1.807, 2.05) is 74.2 Å². The molecule has 4 rings (SSSR count). The molecule has 0 aliphatic rings. The first-order valence-corrected chi connectivity index (χ1v) is 15.6. The molecule has 2 heterocycles. The molecule has 0 aliphatic carbocycles. The van der Waals surface area contributed by atoms with Crippen molar-refractivity contribution in [1.82, 2.24) is 19.4 Å². The Morgan fingerprint density at radius 1 is 1.17 bits per heavy atom. The van der Waals surface area contributed by atoms with Crippen LogP contribution in [0.5, 0.6) is 5.75 Å². The van der Waals surface area contributed by atoms with Crippen LogP contribution in [0.4, 0.5) is 28.7 Å². The molecule has 222 valence electrons. The lowest BCUT2D eigenvalue weighted by Crippen LogP contribution is -2.29. The van der Waals surface area contributed by atoms with E-state index in [4.69, 9.17) is 9.72 Å². The summed E-state index contributed by atoms with van der Waals surface area (Å²) in [4.78, 5) is 25.8. The van der Waals surface area contributed by atoms with Crippen LogP contribution >= 0.6 is 0 Å². The first-order valence-electron chi connectivity index (χ1n) is 13.3. The van der Waals surface area contributed by atoms with Gasteiger partial charge in [-0.2, -0.15) is 4.36 Å². The van der Waals surface area contributed by atoms with Gasteiger partial charge in [0.25, 0.3) is 0 Å². The topological polar surface area (TPSA) is 117 Å². The van der Waals surface area contributed by atoms with Gasteiger partial charge < -0.3 is 29.7 Å². The Balaban J connectivity index is 1.83. The molecule has 0 saturated carbocycles. The summed E-state index contributed by atoms with van der Waals surface area (Å²) in [5.74, 6) is 0.479. The van der Waals surface area contributed by atoms with Gasteiger partial charge in [0.15, 0.2) is 0 Å². The first kappa shape index (κ1) is 30.5. The number of carbonyl (C=O) groups excluding carboxylic acids is 1. The summed E-state index contributed by atoms with van der Waals surface area (Å²) in [6, 6.07) is 11.6. The van der Waals surface area contributed by atoms with Crippen LogP contribution in [0.1, 0.15) is 0 Å². The third kappa shape index (κ3) is 7.07. The molecule has 1 amide bonds. The zero-order valence-electron chi connectivity index (χ0n) is 25.1. The predicted octanol–water partition coefficient (Wildman–Crippen LogP) is 4.87. The molecule has 0 atom stereocenters. The molecule has 0 radical (unpaired) electrons. The van der Waals surface area contributed by atoms with E-state index in [0.29, 0.717) is 28.5 Å². The number of likely N-dealkylation sites (N-methyl/N-ethyl adjacent to an activating group) is 2. The highest BCUT2D eigenvalue weighted by molar-refractivity contribution is 7.92. The van der Waals surface area contributed by atoms with Crippen LogP contribution in [-0.4, -0.2) is 83.4 Å². The number of para-hydroxylation sites is 1. The number of rotatable bonds is 11. The summed E-state index contributed by atoms with van der Waals surface area (Å²) in [7, 11) is 7.02. The molecule has 0 unspecified atom stereocenters. The number of amides is 1. The second-order valence-electron chi connectivity index (χ2n) is 10.5. The molecule has 12 heteroatoms. The van der Waals surface area contributed by atoms with Crippen molar-refractivity contribution in [3.05, 3.63) is 61.4 Å². The third-order valence-corrected chi connectivity index (χ3v) is 7.18. The molecule has 0 spiro atoms. The second kappa shape index (κ2) is 12.6. The van der Waals surface area contributed by atoms with Gasteiger partial charge in [-0.15, -0.1) is 0 Å². The van der Waals surface area contributed by atoms with E-state index in [9.17, 15) is 9.00 Å². The number of nitrogens with one attached hydrogen (secondary N) is 2. The smallest absolute Gasteiger partial charge is 0.247 e. The zero-order chi connectivity index (χ0) is 30.6. The second-order valence-corrected chi connectivity index (χ2v) is 13.0. The number of ether oxygens (including phenoxy) is 1. The summed E-state index contributed by atoms with van der Waals surface area (Å²) in [6.45, 7) is 5.13. The van der Waals surface area contributed by atoms with E-state index in [1.165, 1.54) is 6.08 Å². The van der Waals surface area contributed by atoms with Gasteiger partial charge >= 0.3 is 0 Å². The lowest BCUT2D eigenvalue weighted by atomic mass is 10.1. The summed E-state index contributed by atoms with van der Waals surface area (Å²) in [5, 5.41) is 7.14. The summed E-state index contributed by atoms with van der Waals surface area (Å²) < 4.78 is 24.9. The monoisotopic (exact) mass is 590 g/mol. The fraction of sp³-hybridized carbons (Fsp3) is 0.300. The van der Waals surface area contributed by atoms with Crippen molar-refractivity contribution >= 4 is 55.2 Å². The molecule has 2 N–H and O–H groups in total. The lowest BCUT2D eigenvalue weighted by molar-refractivity contribution is -0.111. The number of carbonyl (C=O) groups is 1. The molecule has 42 heavy (non-hydrogen) atoms. The van der Waals surface area contributed by atoms with Crippen molar-refractivity contribution in [3.8, 4) is 17.0 Å². The van der Waals surface area contributed by atoms with Crippen molar-refractivity contribution in [3.63, 3.8) is 0 Å². The number of aromatic nitrogens is 3. The van der Waals surface area contributed by atoms with E-state index in [0.717, 1.165) is 35.2 Å². The van der Waals surface area contributed by atoms with Gasteiger partial charge in [-0.3, -0.25) is 4.79 Å². The highest BCUT2D eigenvalue weighted by Gasteiger charge is 2.19. The van der Waals surface area contributed by atoms with E-state index in [-0.39, 0.29) is 11.9 Å². The summed E-state index contributed by atoms with van der Waals surface area (Å²) in [6.07, 6.45) is 7.92. The van der Waals surface area contributed by atoms with Gasteiger partial charge in [0.05, 0.1) is 30.4 Å². The average molecular weight is 591 g/mol. The number of methoxy groups -OCH3 is 1. The van der Waals surface area contributed by atoms with Gasteiger partial charge in [0.2, 0.25) is 11.9 Å².